The molecule has 0 aliphatic heterocycles. The van der Waals surface area contributed by atoms with E-state index < -0.39 is 5.41 Å². The van der Waals surface area contributed by atoms with Gasteiger partial charge in [-0.25, -0.2) is 0 Å². The van der Waals surface area contributed by atoms with Gasteiger partial charge in [0.2, 0.25) is 0 Å². The molecule has 0 radical (unpaired) electrons. The molecule has 3 N–H and O–H groups in total. The Bertz CT molecular complexity index is 284. The van der Waals surface area contributed by atoms with E-state index in [9.17, 15) is 15.3 Å². The van der Waals surface area contributed by atoms with Crippen molar-refractivity contribution >= 4 is 0 Å². The zero-order chi connectivity index (χ0) is 20.2. The Hall–Kier alpha value is -0.160. The molecule has 0 fully saturated rings. The lowest BCUT2D eigenvalue weighted by molar-refractivity contribution is -0.0836. The average Bonchev–Trinajstić information content (AvgIpc) is 2.70. The summed E-state index contributed by atoms with van der Waals surface area (Å²) in [5.74, 6) is 0. The Balaban J connectivity index is 4.15. The summed E-state index contributed by atoms with van der Waals surface area (Å²) in [6.45, 7) is 3.96. The van der Waals surface area contributed by atoms with Crippen LogP contribution in [0, 0.1) is 5.41 Å². The Morgan fingerprint density at radius 1 is 0.593 bits per heavy atom. The van der Waals surface area contributed by atoms with Crippen LogP contribution in [-0.2, 0) is 4.74 Å². The maximum absolute atomic E-state index is 9.50. The van der Waals surface area contributed by atoms with Crippen molar-refractivity contribution in [3.63, 3.8) is 0 Å². The summed E-state index contributed by atoms with van der Waals surface area (Å²) in [6.07, 6.45) is 19.0. The summed E-state index contributed by atoms with van der Waals surface area (Å²) in [7, 11) is 0. The highest BCUT2D eigenvalue weighted by Crippen LogP contribution is 2.21. The Morgan fingerprint density at radius 3 is 1.33 bits per heavy atom. The molecule has 0 spiro atoms. The van der Waals surface area contributed by atoms with Gasteiger partial charge in [0, 0.05) is 0 Å². The lowest BCUT2D eigenvalue weighted by Crippen LogP contribution is -2.40. The summed E-state index contributed by atoms with van der Waals surface area (Å²) in [4.78, 5) is 0. The second kappa shape index (κ2) is 19.2. The Kier molecular flexibility index (Phi) is 19.1. The predicted octanol–water partition coefficient (Wildman–Crippen LogP) is 5.23. The summed E-state index contributed by atoms with van der Waals surface area (Å²) < 4.78 is 6.07. The molecule has 0 aliphatic carbocycles. The molecule has 0 saturated carbocycles. The van der Waals surface area contributed by atoms with Gasteiger partial charge >= 0.3 is 0 Å². The van der Waals surface area contributed by atoms with Crippen molar-refractivity contribution in [2.75, 3.05) is 26.4 Å². The van der Waals surface area contributed by atoms with E-state index in [2.05, 4.69) is 13.8 Å². The quantitative estimate of drug-likeness (QED) is 0.236. The normalized spacial score (nSPS) is 13.2. The van der Waals surface area contributed by atoms with Gasteiger partial charge in [-0.1, -0.05) is 97.3 Å². The van der Waals surface area contributed by atoms with Crippen LogP contribution in [-0.4, -0.2) is 47.9 Å². The third-order valence-corrected chi connectivity index (χ3v) is 5.64. The lowest BCUT2D eigenvalue weighted by atomic mass is 9.92. The maximum Gasteiger partial charge on any atom is 0.0629 e. The standard InChI is InChI=1S/C23H48O4/c1-3-5-7-9-10-11-13-15-17-22(16-14-12-8-6-4-2)27-21-23(18-24,19-25)20-26/h22,24-26H,3-21H2,1-2H3. The van der Waals surface area contributed by atoms with Gasteiger partial charge in [0.15, 0.2) is 0 Å². The summed E-state index contributed by atoms with van der Waals surface area (Å²) in [6, 6.07) is 0. The van der Waals surface area contributed by atoms with Crippen LogP contribution in [0.3, 0.4) is 0 Å². The first-order valence-electron chi connectivity index (χ1n) is 11.6. The van der Waals surface area contributed by atoms with Crippen molar-refractivity contribution in [1.29, 1.82) is 0 Å². The molecule has 164 valence electrons. The molecular formula is C23H48O4. The van der Waals surface area contributed by atoms with Crippen molar-refractivity contribution in [2.24, 2.45) is 5.41 Å². The van der Waals surface area contributed by atoms with Gasteiger partial charge in [0.25, 0.3) is 0 Å². The molecule has 0 aromatic heterocycles. The van der Waals surface area contributed by atoms with Crippen molar-refractivity contribution in [3.05, 3.63) is 0 Å². The first kappa shape index (κ1) is 26.8. The zero-order valence-corrected chi connectivity index (χ0v) is 18.3. The monoisotopic (exact) mass is 388 g/mol. The summed E-state index contributed by atoms with van der Waals surface area (Å²) in [5.41, 5.74) is -0.917. The predicted molar refractivity (Wildman–Crippen MR) is 114 cm³/mol. The largest absolute Gasteiger partial charge is 0.396 e. The fourth-order valence-electron chi connectivity index (χ4n) is 3.37. The van der Waals surface area contributed by atoms with Crippen LogP contribution in [0.15, 0.2) is 0 Å². The van der Waals surface area contributed by atoms with E-state index in [0.717, 1.165) is 12.8 Å². The number of ether oxygens (including phenoxy) is 1. The van der Waals surface area contributed by atoms with Crippen LogP contribution in [0.4, 0.5) is 0 Å². The minimum absolute atomic E-state index is 0.177. The van der Waals surface area contributed by atoms with Crippen molar-refractivity contribution in [1.82, 2.24) is 0 Å². The van der Waals surface area contributed by atoms with Crippen molar-refractivity contribution in [2.45, 2.75) is 116 Å². The highest BCUT2D eigenvalue weighted by molar-refractivity contribution is 4.77. The lowest BCUT2D eigenvalue weighted by Gasteiger charge is -2.29. The molecule has 0 saturated heterocycles. The number of aliphatic hydroxyl groups excluding tert-OH is 3. The number of rotatable bonds is 21. The number of hydrogen-bond donors (Lipinski definition) is 3. The van der Waals surface area contributed by atoms with E-state index in [-0.39, 0.29) is 32.5 Å². The molecule has 0 aromatic rings. The molecule has 0 aliphatic rings. The first-order chi connectivity index (χ1) is 13.2. The third kappa shape index (κ3) is 14.5. The molecular weight excluding hydrogens is 340 g/mol. The van der Waals surface area contributed by atoms with Gasteiger partial charge in [0.1, 0.15) is 0 Å². The molecule has 0 heterocycles. The Labute approximate surface area is 168 Å². The second-order valence-electron chi connectivity index (χ2n) is 8.37. The van der Waals surface area contributed by atoms with E-state index in [1.807, 2.05) is 0 Å². The van der Waals surface area contributed by atoms with Gasteiger partial charge in [-0.3, -0.25) is 0 Å². The van der Waals surface area contributed by atoms with Gasteiger partial charge in [-0.15, -0.1) is 0 Å². The van der Waals surface area contributed by atoms with E-state index in [0.29, 0.717) is 0 Å². The maximum atomic E-state index is 9.50. The van der Waals surface area contributed by atoms with Crippen LogP contribution in [0.1, 0.15) is 110 Å². The second-order valence-corrected chi connectivity index (χ2v) is 8.37. The van der Waals surface area contributed by atoms with Crippen LogP contribution < -0.4 is 0 Å². The van der Waals surface area contributed by atoms with E-state index in [1.54, 1.807) is 0 Å². The summed E-state index contributed by atoms with van der Waals surface area (Å²) >= 11 is 0. The zero-order valence-electron chi connectivity index (χ0n) is 18.3. The fraction of sp³-hybridized carbons (Fsp3) is 1.00. The van der Waals surface area contributed by atoms with E-state index in [4.69, 9.17) is 4.74 Å². The highest BCUT2D eigenvalue weighted by atomic mass is 16.5. The average molecular weight is 389 g/mol. The third-order valence-electron chi connectivity index (χ3n) is 5.64. The molecule has 0 bridgehead atoms. The highest BCUT2D eigenvalue weighted by Gasteiger charge is 2.29. The first-order valence-corrected chi connectivity index (χ1v) is 11.6. The molecule has 4 nitrogen and oxygen atoms in total. The topological polar surface area (TPSA) is 69.9 Å². The smallest absolute Gasteiger partial charge is 0.0629 e. The van der Waals surface area contributed by atoms with Gasteiger partial charge in [-0.2, -0.15) is 0 Å². The number of unbranched alkanes of at least 4 members (excludes halogenated alkanes) is 11. The van der Waals surface area contributed by atoms with Gasteiger partial charge in [-0.05, 0) is 12.8 Å². The minimum atomic E-state index is -0.917. The fourth-order valence-corrected chi connectivity index (χ4v) is 3.37. The van der Waals surface area contributed by atoms with Crippen molar-refractivity contribution < 1.29 is 20.1 Å². The van der Waals surface area contributed by atoms with Crippen LogP contribution in [0.25, 0.3) is 0 Å². The van der Waals surface area contributed by atoms with Crippen LogP contribution in [0.2, 0.25) is 0 Å². The summed E-state index contributed by atoms with van der Waals surface area (Å²) in [5, 5.41) is 28.5. The van der Waals surface area contributed by atoms with Crippen LogP contribution in [0.5, 0.6) is 0 Å². The number of hydrogen-bond acceptors (Lipinski definition) is 4. The van der Waals surface area contributed by atoms with Gasteiger partial charge in [0.05, 0.1) is 37.9 Å². The van der Waals surface area contributed by atoms with E-state index in [1.165, 1.54) is 83.5 Å². The molecule has 0 aromatic carbocycles. The molecule has 27 heavy (non-hydrogen) atoms. The molecule has 0 amide bonds. The minimum Gasteiger partial charge on any atom is -0.396 e. The van der Waals surface area contributed by atoms with Crippen molar-refractivity contribution in [3.8, 4) is 0 Å². The SMILES string of the molecule is CCCCCCCCCCC(CCCCCCC)OCC(CO)(CO)CO. The van der Waals surface area contributed by atoms with Crippen LogP contribution >= 0.6 is 0 Å². The van der Waals surface area contributed by atoms with Gasteiger partial charge < -0.3 is 20.1 Å². The molecule has 0 rings (SSSR count). The Morgan fingerprint density at radius 2 is 0.963 bits per heavy atom. The molecule has 4 heteroatoms. The molecule has 1 atom stereocenters. The van der Waals surface area contributed by atoms with E-state index >= 15 is 0 Å². The molecule has 1 unspecified atom stereocenters. The number of aliphatic hydroxyl groups is 3.